The van der Waals surface area contributed by atoms with Gasteiger partial charge in [-0.1, -0.05) is 36.4 Å². The van der Waals surface area contributed by atoms with Gasteiger partial charge in [-0.3, -0.25) is 4.90 Å². The van der Waals surface area contributed by atoms with Gasteiger partial charge in [0, 0.05) is 38.2 Å². The third-order valence-corrected chi connectivity index (χ3v) is 5.01. The molecule has 1 unspecified atom stereocenters. The van der Waals surface area contributed by atoms with Crippen LogP contribution in [0.1, 0.15) is 17.4 Å². The summed E-state index contributed by atoms with van der Waals surface area (Å²) in [6.07, 6.45) is 0.785. The molecule has 7 nitrogen and oxygen atoms in total. The Kier molecular flexibility index (Phi) is 5.41. The van der Waals surface area contributed by atoms with Crippen LogP contribution in [-0.2, 0) is 6.42 Å². The predicted octanol–water partition coefficient (Wildman–Crippen LogP) is 1.86. The number of para-hydroxylation sites is 2. The van der Waals surface area contributed by atoms with Gasteiger partial charge in [0.15, 0.2) is 5.82 Å². The molecule has 2 heterocycles. The van der Waals surface area contributed by atoms with E-state index >= 15 is 0 Å². The lowest BCUT2D eigenvalue weighted by atomic mass is 10.0. The molecule has 27 heavy (non-hydrogen) atoms. The van der Waals surface area contributed by atoms with E-state index in [1.54, 1.807) is 7.11 Å². The van der Waals surface area contributed by atoms with E-state index in [0.29, 0.717) is 0 Å². The fourth-order valence-electron chi connectivity index (χ4n) is 3.64. The van der Waals surface area contributed by atoms with Crippen molar-refractivity contribution in [2.24, 2.45) is 0 Å². The molecule has 3 aromatic rings. The number of piperazine rings is 1. The molecule has 0 bridgehead atoms. The summed E-state index contributed by atoms with van der Waals surface area (Å²) in [6.45, 7) is 3.76. The van der Waals surface area contributed by atoms with Crippen LogP contribution in [-0.4, -0.2) is 58.4 Å². The quantitative estimate of drug-likeness (QED) is 0.720. The molecule has 1 aliphatic rings. The summed E-state index contributed by atoms with van der Waals surface area (Å²) in [4.78, 5) is 2.48. The second kappa shape index (κ2) is 8.28. The first-order chi connectivity index (χ1) is 13.4. The van der Waals surface area contributed by atoms with E-state index in [1.165, 1.54) is 5.56 Å². The van der Waals surface area contributed by atoms with Gasteiger partial charge in [0.2, 0.25) is 0 Å². The second-order valence-electron chi connectivity index (χ2n) is 6.59. The average Bonchev–Trinajstić information content (AvgIpc) is 3.22. The Morgan fingerprint density at radius 3 is 2.78 bits per heavy atom. The average molecular weight is 364 g/mol. The van der Waals surface area contributed by atoms with Crippen LogP contribution in [0.15, 0.2) is 54.6 Å². The van der Waals surface area contributed by atoms with Crippen LogP contribution < -0.4 is 10.1 Å². The Morgan fingerprint density at radius 2 is 1.93 bits per heavy atom. The van der Waals surface area contributed by atoms with Gasteiger partial charge in [0.25, 0.3) is 0 Å². The minimum atomic E-state index is 0.274. The lowest BCUT2D eigenvalue weighted by Gasteiger charge is -2.37. The molecule has 0 radical (unpaired) electrons. The van der Waals surface area contributed by atoms with Crippen molar-refractivity contribution in [1.82, 2.24) is 30.4 Å². The molecule has 1 aromatic heterocycles. The van der Waals surface area contributed by atoms with Gasteiger partial charge >= 0.3 is 0 Å². The maximum atomic E-state index is 5.58. The van der Waals surface area contributed by atoms with Crippen LogP contribution in [0.2, 0.25) is 0 Å². The van der Waals surface area contributed by atoms with E-state index in [9.17, 15) is 0 Å². The van der Waals surface area contributed by atoms with Crippen LogP contribution in [0.5, 0.6) is 5.75 Å². The summed E-state index contributed by atoms with van der Waals surface area (Å²) in [7, 11) is 1.73. The SMILES string of the molecule is COc1ccccc1C1CNCCN1CCc1nnnn1-c1ccccc1. The molecule has 140 valence electrons. The molecule has 1 N–H and O–H groups in total. The highest BCUT2D eigenvalue weighted by Crippen LogP contribution is 2.30. The number of hydrogen-bond donors (Lipinski definition) is 1. The fraction of sp³-hybridized carbons (Fsp3) is 0.350. The zero-order valence-electron chi connectivity index (χ0n) is 15.5. The number of methoxy groups -OCH3 is 1. The first kappa shape index (κ1) is 17.6. The number of ether oxygens (including phenoxy) is 1. The van der Waals surface area contributed by atoms with E-state index in [-0.39, 0.29) is 6.04 Å². The number of hydrogen-bond acceptors (Lipinski definition) is 6. The van der Waals surface area contributed by atoms with Crippen LogP contribution in [0, 0.1) is 0 Å². The molecular weight excluding hydrogens is 340 g/mol. The zero-order chi connectivity index (χ0) is 18.5. The minimum Gasteiger partial charge on any atom is -0.496 e. The molecule has 0 aliphatic carbocycles. The number of nitrogens with zero attached hydrogens (tertiary/aromatic N) is 5. The van der Waals surface area contributed by atoms with Crippen molar-refractivity contribution in [3.05, 3.63) is 66.0 Å². The van der Waals surface area contributed by atoms with Gasteiger partial charge < -0.3 is 10.1 Å². The van der Waals surface area contributed by atoms with Crippen LogP contribution in [0.25, 0.3) is 5.69 Å². The lowest BCUT2D eigenvalue weighted by molar-refractivity contribution is 0.160. The molecule has 4 rings (SSSR count). The summed E-state index contributed by atoms with van der Waals surface area (Å²) < 4.78 is 7.40. The zero-order valence-corrected chi connectivity index (χ0v) is 15.5. The fourth-order valence-corrected chi connectivity index (χ4v) is 3.64. The number of benzene rings is 2. The number of nitrogens with one attached hydrogen (secondary N) is 1. The molecule has 0 saturated carbocycles. The van der Waals surface area contributed by atoms with E-state index in [4.69, 9.17) is 4.74 Å². The Balaban J connectivity index is 1.51. The number of tetrazole rings is 1. The molecular formula is C20H24N6O. The van der Waals surface area contributed by atoms with Crippen molar-refractivity contribution in [3.63, 3.8) is 0 Å². The molecule has 0 amide bonds. The highest BCUT2D eigenvalue weighted by atomic mass is 16.5. The van der Waals surface area contributed by atoms with Gasteiger partial charge in [-0.25, -0.2) is 0 Å². The van der Waals surface area contributed by atoms with Crippen molar-refractivity contribution in [2.75, 3.05) is 33.3 Å². The third kappa shape index (κ3) is 3.84. The minimum absolute atomic E-state index is 0.274. The Morgan fingerprint density at radius 1 is 1.11 bits per heavy atom. The van der Waals surface area contributed by atoms with Gasteiger partial charge in [-0.15, -0.1) is 5.10 Å². The first-order valence-electron chi connectivity index (χ1n) is 9.27. The maximum Gasteiger partial charge on any atom is 0.157 e. The van der Waals surface area contributed by atoms with Crippen LogP contribution in [0.3, 0.4) is 0 Å². The monoisotopic (exact) mass is 364 g/mol. The van der Waals surface area contributed by atoms with E-state index in [0.717, 1.165) is 49.9 Å². The van der Waals surface area contributed by atoms with Crippen molar-refractivity contribution < 1.29 is 4.74 Å². The van der Waals surface area contributed by atoms with Crippen LogP contribution in [0.4, 0.5) is 0 Å². The molecule has 1 saturated heterocycles. The summed E-state index contributed by atoms with van der Waals surface area (Å²) in [5.74, 6) is 1.81. The Bertz CT molecular complexity index is 866. The number of aromatic nitrogens is 4. The van der Waals surface area contributed by atoms with Gasteiger partial charge in [0.05, 0.1) is 18.8 Å². The third-order valence-electron chi connectivity index (χ3n) is 5.01. The largest absolute Gasteiger partial charge is 0.496 e. The highest BCUT2D eigenvalue weighted by Gasteiger charge is 2.26. The molecule has 2 aromatic carbocycles. The van der Waals surface area contributed by atoms with Gasteiger partial charge in [-0.05, 0) is 28.6 Å². The number of rotatable bonds is 6. The van der Waals surface area contributed by atoms with Crippen LogP contribution >= 0.6 is 0 Å². The Labute approximate surface area is 159 Å². The van der Waals surface area contributed by atoms with E-state index in [1.807, 2.05) is 47.1 Å². The first-order valence-corrected chi connectivity index (χ1v) is 9.27. The van der Waals surface area contributed by atoms with Crippen molar-refractivity contribution in [2.45, 2.75) is 12.5 Å². The molecule has 1 atom stereocenters. The van der Waals surface area contributed by atoms with Gasteiger partial charge in [0.1, 0.15) is 5.75 Å². The lowest BCUT2D eigenvalue weighted by Crippen LogP contribution is -2.46. The van der Waals surface area contributed by atoms with E-state index in [2.05, 4.69) is 37.9 Å². The summed E-state index contributed by atoms with van der Waals surface area (Å²) in [6, 6.07) is 18.5. The maximum absolute atomic E-state index is 5.58. The topological polar surface area (TPSA) is 68.1 Å². The Hall–Kier alpha value is -2.77. The molecule has 0 spiro atoms. The van der Waals surface area contributed by atoms with Gasteiger partial charge in [-0.2, -0.15) is 4.68 Å². The summed E-state index contributed by atoms with van der Waals surface area (Å²) in [5.41, 5.74) is 2.20. The summed E-state index contributed by atoms with van der Waals surface area (Å²) in [5, 5.41) is 15.8. The standard InChI is InChI=1S/C20H24N6O/c1-27-19-10-6-5-9-17(19)18-15-21-12-14-25(18)13-11-20-22-23-24-26(20)16-7-3-2-4-8-16/h2-10,18,21H,11-15H2,1H3. The predicted molar refractivity (Wildman–Crippen MR) is 103 cm³/mol. The molecule has 1 fully saturated rings. The van der Waals surface area contributed by atoms with Crippen molar-refractivity contribution >= 4 is 0 Å². The normalized spacial score (nSPS) is 17.7. The van der Waals surface area contributed by atoms with Crippen molar-refractivity contribution in [3.8, 4) is 11.4 Å². The molecule has 7 heteroatoms. The highest BCUT2D eigenvalue weighted by molar-refractivity contribution is 5.36. The molecule has 1 aliphatic heterocycles. The smallest absolute Gasteiger partial charge is 0.157 e. The van der Waals surface area contributed by atoms with E-state index < -0.39 is 0 Å². The van der Waals surface area contributed by atoms with Crippen molar-refractivity contribution in [1.29, 1.82) is 0 Å². The second-order valence-corrected chi connectivity index (χ2v) is 6.59. The summed E-state index contributed by atoms with van der Waals surface area (Å²) >= 11 is 0.